The van der Waals surface area contributed by atoms with E-state index < -0.39 is 5.60 Å². The lowest BCUT2D eigenvalue weighted by molar-refractivity contribution is -0.132. The first-order valence-electron chi connectivity index (χ1n) is 7.83. The van der Waals surface area contributed by atoms with Crippen LogP contribution in [0.25, 0.3) is 0 Å². The number of nitrogens with zero attached hydrogens (tertiary/aromatic N) is 1. The number of rotatable bonds is 3. The van der Waals surface area contributed by atoms with Crippen LogP contribution in [0.1, 0.15) is 37.9 Å². The lowest BCUT2D eigenvalue weighted by atomic mass is 10.0. The van der Waals surface area contributed by atoms with Gasteiger partial charge in [0.2, 0.25) is 0 Å². The highest BCUT2D eigenvalue weighted by Gasteiger charge is 2.41. The normalized spacial score (nSPS) is 17.4. The van der Waals surface area contributed by atoms with Crippen molar-refractivity contribution in [2.75, 3.05) is 4.90 Å². The lowest BCUT2D eigenvalue weighted by Gasteiger charge is -2.39. The number of hydrogen-bond acceptors (Lipinski definition) is 3. The van der Waals surface area contributed by atoms with Gasteiger partial charge in [0.15, 0.2) is 5.60 Å². The van der Waals surface area contributed by atoms with Gasteiger partial charge in [-0.2, -0.15) is 0 Å². The molecule has 1 heterocycles. The van der Waals surface area contributed by atoms with Gasteiger partial charge < -0.3 is 15.4 Å². The predicted octanol–water partition coefficient (Wildman–Crippen LogP) is 3.41. The second kappa shape index (κ2) is 5.70. The van der Waals surface area contributed by atoms with Gasteiger partial charge in [-0.05, 0) is 44.0 Å². The molecule has 2 aromatic rings. The van der Waals surface area contributed by atoms with E-state index in [0.29, 0.717) is 6.54 Å². The summed E-state index contributed by atoms with van der Waals surface area (Å²) in [6, 6.07) is 15.7. The zero-order valence-electron chi connectivity index (χ0n) is 13.7. The number of hydrogen-bond donors (Lipinski definition) is 1. The fourth-order valence-electron chi connectivity index (χ4n) is 2.79. The number of amides is 1. The summed E-state index contributed by atoms with van der Waals surface area (Å²) in [7, 11) is 0. The average Bonchev–Trinajstić information content (AvgIpc) is 2.52. The molecule has 3 rings (SSSR count). The van der Waals surface area contributed by atoms with Crippen molar-refractivity contribution in [3.8, 4) is 5.75 Å². The summed E-state index contributed by atoms with van der Waals surface area (Å²) in [4.78, 5) is 14.7. The molecule has 0 aliphatic carbocycles. The fraction of sp³-hybridized carbons (Fsp3) is 0.316. The summed E-state index contributed by atoms with van der Waals surface area (Å²) in [6.45, 7) is 6.05. The number of fused-ring (bicyclic) bond motifs is 1. The molecule has 1 atom stereocenters. The molecule has 23 heavy (non-hydrogen) atoms. The molecule has 1 amide bonds. The van der Waals surface area contributed by atoms with Gasteiger partial charge in [-0.1, -0.05) is 36.4 Å². The van der Waals surface area contributed by atoms with E-state index in [1.165, 1.54) is 0 Å². The molecule has 4 nitrogen and oxygen atoms in total. The highest BCUT2D eigenvalue weighted by Crippen LogP contribution is 2.39. The molecule has 0 bridgehead atoms. The summed E-state index contributed by atoms with van der Waals surface area (Å²) in [5, 5.41) is 0. The number of carbonyl (C=O) groups is 1. The Labute approximate surface area is 136 Å². The van der Waals surface area contributed by atoms with E-state index in [1.807, 2.05) is 55.5 Å². The van der Waals surface area contributed by atoms with Crippen LogP contribution >= 0.6 is 0 Å². The zero-order chi connectivity index (χ0) is 16.6. The van der Waals surface area contributed by atoms with E-state index in [-0.39, 0.29) is 11.9 Å². The molecule has 0 saturated carbocycles. The number of benzene rings is 2. The molecule has 1 aliphatic rings. The van der Waals surface area contributed by atoms with Gasteiger partial charge in [-0.15, -0.1) is 0 Å². The minimum atomic E-state index is -0.877. The smallest absolute Gasteiger partial charge is 0.271 e. The van der Waals surface area contributed by atoms with Crippen molar-refractivity contribution in [3.05, 3.63) is 59.7 Å². The van der Waals surface area contributed by atoms with Crippen LogP contribution in [0.2, 0.25) is 0 Å². The molecule has 0 spiro atoms. The standard InChI is InChI=1S/C19H22N2O2/c1-13(20)15-9-10-17-16(11-15)21(18(22)19(2,3)23-17)12-14-7-5-4-6-8-14/h4-11,13H,12,20H2,1-3H3. The molecule has 2 aromatic carbocycles. The van der Waals surface area contributed by atoms with Gasteiger partial charge in [-0.3, -0.25) is 4.79 Å². The molecule has 4 heteroatoms. The third-order valence-corrected chi connectivity index (χ3v) is 4.11. The maximum absolute atomic E-state index is 12.9. The molecular formula is C19H22N2O2. The van der Waals surface area contributed by atoms with Crippen molar-refractivity contribution in [2.24, 2.45) is 5.73 Å². The van der Waals surface area contributed by atoms with Crippen molar-refractivity contribution < 1.29 is 9.53 Å². The third kappa shape index (κ3) is 2.94. The first kappa shape index (κ1) is 15.6. The van der Waals surface area contributed by atoms with Crippen molar-refractivity contribution in [1.82, 2.24) is 0 Å². The predicted molar refractivity (Wildman–Crippen MR) is 91.4 cm³/mol. The van der Waals surface area contributed by atoms with Gasteiger partial charge in [0.05, 0.1) is 12.2 Å². The van der Waals surface area contributed by atoms with Gasteiger partial charge in [0.1, 0.15) is 5.75 Å². The molecule has 1 unspecified atom stereocenters. The second-order valence-electron chi connectivity index (χ2n) is 6.51. The maximum atomic E-state index is 12.9. The molecule has 0 radical (unpaired) electrons. The zero-order valence-corrected chi connectivity index (χ0v) is 13.7. The minimum absolute atomic E-state index is 0.0457. The van der Waals surface area contributed by atoms with Crippen LogP contribution in [-0.4, -0.2) is 11.5 Å². The number of carbonyl (C=O) groups excluding carboxylic acids is 1. The Kier molecular flexibility index (Phi) is 3.86. The van der Waals surface area contributed by atoms with Crippen LogP contribution in [-0.2, 0) is 11.3 Å². The maximum Gasteiger partial charge on any atom is 0.271 e. The van der Waals surface area contributed by atoms with Crippen LogP contribution in [0.15, 0.2) is 48.5 Å². The average molecular weight is 310 g/mol. The highest BCUT2D eigenvalue weighted by molar-refractivity contribution is 6.02. The highest BCUT2D eigenvalue weighted by atomic mass is 16.5. The first-order chi connectivity index (χ1) is 10.9. The second-order valence-corrected chi connectivity index (χ2v) is 6.51. The summed E-state index contributed by atoms with van der Waals surface area (Å²) in [5.41, 5.74) is 7.96. The van der Waals surface area contributed by atoms with Crippen molar-refractivity contribution in [1.29, 1.82) is 0 Å². The molecule has 2 N–H and O–H groups in total. The van der Waals surface area contributed by atoms with Crippen LogP contribution < -0.4 is 15.4 Å². The van der Waals surface area contributed by atoms with Crippen LogP contribution in [0.3, 0.4) is 0 Å². The topological polar surface area (TPSA) is 55.6 Å². The molecular weight excluding hydrogens is 288 g/mol. The number of nitrogens with two attached hydrogens (primary N) is 1. The number of anilines is 1. The van der Waals surface area contributed by atoms with Crippen molar-refractivity contribution >= 4 is 11.6 Å². The third-order valence-electron chi connectivity index (χ3n) is 4.11. The van der Waals surface area contributed by atoms with Crippen LogP contribution in [0, 0.1) is 0 Å². The van der Waals surface area contributed by atoms with Gasteiger partial charge in [-0.25, -0.2) is 0 Å². The Morgan fingerprint density at radius 2 is 1.87 bits per heavy atom. The van der Waals surface area contributed by atoms with E-state index in [4.69, 9.17) is 10.5 Å². The number of ether oxygens (including phenoxy) is 1. The minimum Gasteiger partial charge on any atom is -0.476 e. The molecule has 0 fully saturated rings. The van der Waals surface area contributed by atoms with Gasteiger partial charge in [0, 0.05) is 6.04 Å². The van der Waals surface area contributed by atoms with E-state index >= 15 is 0 Å². The lowest BCUT2D eigenvalue weighted by Crippen LogP contribution is -2.52. The fourth-order valence-corrected chi connectivity index (χ4v) is 2.79. The SMILES string of the molecule is CC(N)c1ccc2c(c1)N(Cc1ccccc1)C(=O)C(C)(C)O2. The molecule has 120 valence electrons. The largest absolute Gasteiger partial charge is 0.476 e. The van der Waals surface area contributed by atoms with Crippen molar-refractivity contribution in [2.45, 2.75) is 39.0 Å². The molecule has 1 aliphatic heterocycles. The molecule has 0 aromatic heterocycles. The first-order valence-corrected chi connectivity index (χ1v) is 7.83. The molecule has 0 saturated heterocycles. The quantitative estimate of drug-likeness (QED) is 0.945. The Balaban J connectivity index is 2.06. The Morgan fingerprint density at radius 1 is 1.17 bits per heavy atom. The van der Waals surface area contributed by atoms with E-state index in [9.17, 15) is 4.79 Å². The van der Waals surface area contributed by atoms with E-state index in [0.717, 1.165) is 22.6 Å². The van der Waals surface area contributed by atoms with Crippen LogP contribution in [0.5, 0.6) is 5.75 Å². The Morgan fingerprint density at radius 3 is 2.52 bits per heavy atom. The Bertz CT molecular complexity index is 723. The van der Waals surface area contributed by atoms with Crippen molar-refractivity contribution in [3.63, 3.8) is 0 Å². The monoisotopic (exact) mass is 310 g/mol. The van der Waals surface area contributed by atoms with E-state index in [2.05, 4.69) is 0 Å². The summed E-state index contributed by atoms with van der Waals surface area (Å²) < 4.78 is 5.90. The summed E-state index contributed by atoms with van der Waals surface area (Å²) in [6.07, 6.45) is 0. The van der Waals surface area contributed by atoms with Gasteiger partial charge >= 0.3 is 0 Å². The van der Waals surface area contributed by atoms with Gasteiger partial charge in [0.25, 0.3) is 5.91 Å². The van der Waals surface area contributed by atoms with Crippen LogP contribution in [0.4, 0.5) is 5.69 Å². The Hall–Kier alpha value is -2.33. The summed E-state index contributed by atoms with van der Waals surface area (Å²) in [5.74, 6) is 0.672. The summed E-state index contributed by atoms with van der Waals surface area (Å²) >= 11 is 0. The van der Waals surface area contributed by atoms with E-state index in [1.54, 1.807) is 18.7 Å².